The lowest BCUT2D eigenvalue weighted by Crippen LogP contribution is -2.23. The molecule has 5 heteroatoms. The van der Waals surface area contributed by atoms with Crippen LogP contribution in [0.2, 0.25) is 0 Å². The molecule has 0 spiro atoms. The topological polar surface area (TPSA) is 34.9 Å². The molecule has 1 aromatic heterocycles. The van der Waals surface area contributed by atoms with Gasteiger partial charge in [-0.2, -0.15) is 0 Å². The Morgan fingerprint density at radius 2 is 1.86 bits per heavy atom. The fourth-order valence-electron chi connectivity index (χ4n) is 2.30. The van der Waals surface area contributed by atoms with Gasteiger partial charge in [0.25, 0.3) is 5.56 Å². The summed E-state index contributed by atoms with van der Waals surface area (Å²) in [5.41, 5.74) is 2.00. The smallest absolute Gasteiger partial charge is 0.272 e. The number of halogens is 2. The van der Waals surface area contributed by atoms with Gasteiger partial charge in [0.05, 0.1) is 11.0 Å². The Hall–Kier alpha value is -2.56. The molecule has 3 rings (SSSR count). The highest BCUT2D eigenvalue weighted by molar-refractivity contribution is 5.74. The molecule has 0 saturated heterocycles. The van der Waals surface area contributed by atoms with Crippen molar-refractivity contribution in [3.63, 3.8) is 0 Å². The lowest BCUT2D eigenvalue weighted by atomic mass is 10.1. The Morgan fingerprint density at radius 1 is 1.10 bits per heavy atom. The molecule has 0 amide bonds. The fourth-order valence-corrected chi connectivity index (χ4v) is 2.30. The summed E-state index contributed by atoms with van der Waals surface area (Å²) >= 11 is 0. The second-order valence-electron chi connectivity index (χ2n) is 4.84. The molecule has 1 heterocycles. The SMILES string of the molecule is Cn1c(=O)c(Cc2ccc(F)c(F)c2)nc2ccccc21. The largest absolute Gasteiger partial charge is 0.308 e. The van der Waals surface area contributed by atoms with Crippen LogP contribution >= 0.6 is 0 Å². The molecule has 0 radical (unpaired) electrons. The van der Waals surface area contributed by atoms with Crippen LogP contribution in [-0.4, -0.2) is 9.55 Å². The van der Waals surface area contributed by atoms with Crippen molar-refractivity contribution in [3.8, 4) is 0 Å². The van der Waals surface area contributed by atoms with Crippen LogP contribution in [0.1, 0.15) is 11.3 Å². The molecule has 0 unspecified atom stereocenters. The third kappa shape index (κ3) is 2.42. The molecule has 0 bridgehead atoms. The van der Waals surface area contributed by atoms with Crippen LogP contribution in [0.15, 0.2) is 47.3 Å². The summed E-state index contributed by atoms with van der Waals surface area (Å²) in [5.74, 6) is -1.83. The van der Waals surface area contributed by atoms with Crippen molar-refractivity contribution in [1.82, 2.24) is 9.55 Å². The van der Waals surface area contributed by atoms with E-state index in [1.54, 1.807) is 7.05 Å². The Balaban J connectivity index is 2.10. The van der Waals surface area contributed by atoms with Crippen LogP contribution in [-0.2, 0) is 13.5 Å². The first-order chi connectivity index (χ1) is 10.1. The number of hydrogen-bond donors (Lipinski definition) is 0. The zero-order valence-corrected chi connectivity index (χ0v) is 11.3. The second kappa shape index (κ2) is 5.09. The lowest BCUT2D eigenvalue weighted by Gasteiger charge is -2.08. The van der Waals surface area contributed by atoms with Gasteiger partial charge in [-0.25, -0.2) is 13.8 Å². The zero-order chi connectivity index (χ0) is 15.0. The predicted octanol–water partition coefficient (Wildman–Crippen LogP) is 2.80. The molecule has 21 heavy (non-hydrogen) atoms. The summed E-state index contributed by atoms with van der Waals surface area (Å²) in [6, 6.07) is 10.9. The van der Waals surface area contributed by atoms with E-state index in [2.05, 4.69) is 4.98 Å². The van der Waals surface area contributed by atoms with Gasteiger partial charge in [0.2, 0.25) is 0 Å². The third-order valence-electron chi connectivity index (χ3n) is 3.41. The molecule has 3 aromatic rings. The molecule has 0 atom stereocenters. The summed E-state index contributed by atoms with van der Waals surface area (Å²) in [5, 5.41) is 0. The number of hydrogen-bond acceptors (Lipinski definition) is 2. The Bertz CT molecular complexity index is 887. The Labute approximate surface area is 119 Å². The molecule has 106 valence electrons. The van der Waals surface area contributed by atoms with Crippen molar-refractivity contribution < 1.29 is 8.78 Å². The molecule has 0 aliphatic rings. The van der Waals surface area contributed by atoms with Gasteiger partial charge in [-0.3, -0.25) is 4.79 Å². The highest BCUT2D eigenvalue weighted by Gasteiger charge is 2.10. The summed E-state index contributed by atoms with van der Waals surface area (Å²) in [4.78, 5) is 16.6. The van der Waals surface area contributed by atoms with Crippen LogP contribution in [0, 0.1) is 11.6 Å². The van der Waals surface area contributed by atoms with Crippen LogP contribution in [0.25, 0.3) is 11.0 Å². The van der Waals surface area contributed by atoms with Gasteiger partial charge in [0.1, 0.15) is 5.69 Å². The van der Waals surface area contributed by atoms with Gasteiger partial charge < -0.3 is 4.57 Å². The van der Waals surface area contributed by atoms with E-state index in [4.69, 9.17) is 0 Å². The number of aromatic nitrogens is 2. The van der Waals surface area contributed by atoms with E-state index in [1.807, 2.05) is 24.3 Å². The molecule has 2 aromatic carbocycles. The van der Waals surface area contributed by atoms with Gasteiger partial charge in [-0.05, 0) is 29.8 Å². The highest BCUT2D eigenvalue weighted by Crippen LogP contribution is 2.13. The molecule has 0 N–H and O–H groups in total. The summed E-state index contributed by atoms with van der Waals surface area (Å²) in [6.07, 6.45) is 0.161. The van der Waals surface area contributed by atoms with Crippen LogP contribution in [0.5, 0.6) is 0 Å². The normalized spacial score (nSPS) is 11.0. The molecule has 3 nitrogen and oxygen atoms in total. The lowest BCUT2D eigenvalue weighted by molar-refractivity contribution is 0.507. The quantitative estimate of drug-likeness (QED) is 0.726. The monoisotopic (exact) mass is 286 g/mol. The van der Waals surface area contributed by atoms with Crippen molar-refractivity contribution in [2.75, 3.05) is 0 Å². The maximum Gasteiger partial charge on any atom is 0.272 e. The maximum atomic E-state index is 13.2. The number of nitrogens with zero attached hydrogens (tertiary/aromatic N) is 2. The predicted molar refractivity (Wildman–Crippen MR) is 76.1 cm³/mol. The third-order valence-corrected chi connectivity index (χ3v) is 3.41. The van der Waals surface area contributed by atoms with Gasteiger partial charge in [-0.1, -0.05) is 18.2 Å². The zero-order valence-electron chi connectivity index (χ0n) is 11.3. The van der Waals surface area contributed by atoms with Gasteiger partial charge >= 0.3 is 0 Å². The van der Waals surface area contributed by atoms with E-state index in [9.17, 15) is 13.6 Å². The van der Waals surface area contributed by atoms with E-state index < -0.39 is 11.6 Å². The van der Waals surface area contributed by atoms with Gasteiger partial charge in [-0.15, -0.1) is 0 Å². The van der Waals surface area contributed by atoms with Crippen molar-refractivity contribution in [2.45, 2.75) is 6.42 Å². The van der Waals surface area contributed by atoms with Gasteiger partial charge in [0, 0.05) is 13.5 Å². The van der Waals surface area contributed by atoms with E-state index in [0.717, 1.165) is 17.6 Å². The van der Waals surface area contributed by atoms with Crippen molar-refractivity contribution >= 4 is 11.0 Å². The van der Waals surface area contributed by atoms with E-state index in [0.29, 0.717) is 16.8 Å². The van der Waals surface area contributed by atoms with Crippen LogP contribution in [0.3, 0.4) is 0 Å². The minimum Gasteiger partial charge on any atom is -0.308 e. The minimum absolute atomic E-state index is 0.161. The average molecular weight is 286 g/mol. The standard InChI is InChI=1S/C16H12F2N2O/c1-20-15-5-3-2-4-13(15)19-14(16(20)21)9-10-6-7-11(17)12(18)8-10/h2-8H,9H2,1H3. The van der Waals surface area contributed by atoms with E-state index in [1.165, 1.54) is 10.6 Å². The first-order valence-electron chi connectivity index (χ1n) is 6.45. The number of aryl methyl sites for hydroxylation is 1. The second-order valence-corrected chi connectivity index (χ2v) is 4.84. The first-order valence-corrected chi connectivity index (χ1v) is 6.45. The average Bonchev–Trinajstić information content (AvgIpc) is 2.48. The maximum absolute atomic E-state index is 13.2. The summed E-state index contributed by atoms with van der Waals surface area (Å²) in [6.45, 7) is 0. The van der Waals surface area contributed by atoms with E-state index in [-0.39, 0.29) is 12.0 Å². The van der Waals surface area contributed by atoms with Crippen molar-refractivity contribution in [3.05, 3.63) is 75.7 Å². The van der Waals surface area contributed by atoms with Crippen molar-refractivity contribution in [1.29, 1.82) is 0 Å². The molecular weight excluding hydrogens is 274 g/mol. The van der Waals surface area contributed by atoms with Gasteiger partial charge in [0.15, 0.2) is 11.6 Å². The molecule has 0 fully saturated rings. The first kappa shape index (κ1) is 13.4. The summed E-state index contributed by atoms with van der Waals surface area (Å²) in [7, 11) is 1.67. The molecule has 0 saturated carbocycles. The molecule has 0 aliphatic carbocycles. The minimum atomic E-state index is -0.926. The van der Waals surface area contributed by atoms with Crippen molar-refractivity contribution in [2.24, 2.45) is 7.05 Å². The number of benzene rings is 2. The highest BCUT2D eigenvalue weighted by atomic mass is 19.2. The molecule has 0 aliphatic heterocycles. The Morgan fingerprint density at radius 3 is 2.62 bits per heavy atom. The fraction of sp³-hybridized carbons (Fsp3) is 0.125. The van der Waals surface area contributed by atoms with Crippen LogP contribution in [0.4, 0.5) is 8.78 Å². The molecular formula is C16H12F2N2O. The number of rotatable bonds is 2. The summed E-state index contributed by atoms with van der Waals surface area (Å²) < 4.78 is 27.7. The Kier molecular flexibility index (Phi) is 3.25. The number of para-hydroxylation sites is 2. The number of fused-ring (bicyclic) bond motifs is 1. The van der Waals surface area contributed by atoms with E-state index >= 15 is 0 Å². The van der Waals surface area contributed by atoms with Crippen LogP contribution < -0.4 is 5.56 Å².